The number of aromatic nitrogens is 3. The van der Waals surface area contributed by atoms with Crippen molar-refractivity contribution in [3.63, 3.8) is 0 Å². The Labute approximate surface area is 178 Å². The van der Waals surface area contributed by atoms with E-state index in [0.29, 0.717) is 45.9 Å². The number of hydrogen-bond acceptors (Lipinski definition) is 7. The lowest BCUT2D eigenvalue weighted by Gasteiger charge is -2.22. The lowest BCUT2D eigenvalue weighted by atomic mass is 9.97. The molecule has 3 heterocycles. The summed E-state index contributed by atoms with van der Waals surface area (Å²) in [6.45, 7) is 2.07. The first-order valence-electron chi connectivity index (χ1n) is 9.51. The Morgan fingerprint density at radius 2 is 2.13 bits per heavy atom. The minimum absolute atomic E-state index is 0.178. The van der Waals surface area contributed by atoms with Crippen molar-refractivity contribution in [2.45, 2.75) is 19.6 Å². The van der Waals surface area contributed by atoms with E-state index in [9.17, 15) is 9.65 Å². The zero-order valence-electron chi connectivity index (χ0n) is 17.0. The van der Waals surface area contributed by atoms with Gasteiger partial charge in [-0.2, -0.15) is 5.26 Å². The number of halogens is 1. The fourth-order valence-corrected chi connectivity index (χ4v) is 3.64. The Morgan fingerprint density at radius 1 is 1.32 bits per heavy atom. The molecule has 31 heavy (non-hydrogen) atoms. The highest BCUT2D eigenvalue weighted by atomic mass is 19.1. The normalized spacial score (nSPS) is 16.0. The van der Waals surface area contributed by atoms with Gasteiger partial charge in [-0.1, -0.05) is 0 Å². The number of aliphatic imine (C=N–C) groups is 1. The number of allylic oxidation sites excluding steroid dienone is 1. The largest absolute Gasteiger partial charge is 0.482 e. The molecule has 0 saturated carbocycles. The molecule has 1 unspecified atom stereocenters. The summed E-state index contributed by atoms with van der Waals surface area (Å²) in [4.78, 5) is 12.6. The fraction of sp³-hybridized carbons (Fsp3) is 0.182. The van der Waals surface area contributed by atoms with Crippen molar-refractivity contribution in [2.75, 3.05) is 12.8 Å². The summed E-state index contributed by atoms with van der Waals surface area (Å²) in [6, 6.07) is 8.16. The van der Waals surface area contributed by atoms with Crippen LogP contribution < -0.4 is 16.2 Å². The van der Waals surface area contributed by atoms with E-state index in [2.05, 4.69) is 21.0 Å². The van der Waals surface area contributed by atoms with Gasteiger partial charge in [-0.3, -0.25) is 4.99 Å². The number of nitrogens with two attached hydrogens (primary N) is 2. The van der Waals surface area contributed by atoms with Crippen molar-refractivity contribution >= 4 is 17.7 Å². The maximum Gasteiger partial charge on any atom is 0.166 e. The van der Waals surface area contributed by atoms with Crippen LogP contribution in [0.2, 0.25) is 0 Å². The zero-order valence-corrected chi connectivity index (χ0v) is 17.0. The number of ether oxygens (including phenoxy) is 1. The molecule has 1 atom stereocenters. The van der Waals surface area contributed by atoms with Crippen molar-refractivity contribution in [1.82, 2.24) is 14.5 Å². The highest BCUT2D eigenvalue weighted by Crippen LogP contribution is 2.35. The minimum atomic E-state index is -0.580. The first kappa shape index (κ1) is 20.1. The van der Waals surface area contributed by atoms with E-state index in [0.717, 1.165) is 0 Å². The molecule has 2 bridgehead atoms. The standard InChI is InChI=1S/C22H20FN7O/c1-12-17-6-15(23)3-4-16(17)20(25)14(8-27-2)10-30-11-29-18(7-24)21(30)13-5-19(31-12)22(26)28-9-13/h3-6,8-9,11-12H,10,25H2,1-2H3,(H2,26,28). The molecule has 9 heteroatoms. The molecule has 0 radical (unpaired) electrons. The number of pyridine rings is 1. The summed E-state index contributed by atoms with van der Waals surface area (Å²) in [5.74, 6) is 0.0861. The van der Waals surface area contributed by atoms with Crippen molar-refractivity contribution in [3.05, 3.63) is 65.0 Å². The maximum absolute atomic E-state index is 14.1. The number of imidazole rings is 1. The number of anilines is 1. The molecule has 0 saturated heterocycles. The van der Waals surface area contributed by atoms with Crippen LogP contribution in [0.1, 0.15) is 29.8 Å². The van der Waals surface area contributed by atoms with Gasteiger partial charge in [0.15, 0.2) is 17.3 Å². The molecular weight excluding hydrogens is 397 g/mol. The van der Waals surface area contributed by atoms with Crippen LogP contribution in [-0.4, -0.2) is 27.8 Å². The molecule has 1 aliphatic heterocycles. The Bertz CT molecular complexity index is 1270. The Morgan fingerprint density at radius 3 is 2.87 bits per heavy atom. The summed E-state index contributed by atoms with van der Waals surface area (Å²) in [6.07, 6.45) is 4.17. The fourth-order valence-electron chi connectivity index (χ4n) is 3.64. The van der Waals surface area contributed by atoms with Crippen LogP contribution in [0.25, 0.3) is 17.0 Å². The summed E-state index contributed by atoms with van der Waals surface area (Å²) < 4.78 is 22.0. The van der Waals surface area contributed by atoms with Gasteiger partial charge in [0, 0.05) is 47.4 Å². The van der Waals surface area contributed by atoms with Crippen LogP contribution >= 0.6 is 0 Å². The van der Waals surface area contributed by atoms with Gasteiger partial charge in [0.05, 0.1) is 18.6 Å². The average Bonchev–Trinajstić information content (AvgIpc) is 3.16. The topological polar surface area (TPSA) is 128 Å². The van der Waals surface area contributed by atoms with Crippen molar-refractivity contribution < 1.29 is 9.13 Å². The lowest BCUT2D eigenvalue weighted by Crippen LogP contribution is -2.15. The smallest absolute Gasteiger partial charge is 0.166 e. The number of nitriles is 1. The number of hydrogen-bond donors (Lipinski definition) is 2. The molecule has 1 aliphatic rings. The first-order chi connectivity index (χ1) is 14.9. The van der Waals surface area contributed by atoms with E-state index >= 15 is 0 Å². The summed E-state index contributed by atoms with van der Waals surface area (Å²) in [7, 11) is 1.64. The van der Waals surface area contributed by atoms with Gasteiger partial charge in [0.25, 0.3) is 0 Å². The van der Waals surface area contributed by atoms with Crippen LogP contribution in [-0.2, 0) is 6.54 Å². The molecule has 156 valence electrons. The predicted octanol–water partition coefficient (Wildman–Crippen LogP) is 3.06. The van der Waals surface area contributed by atoms with E-state index in [1.807, 2.05) is 0 Å². The Kier molecular flexibility index (Phi) is 5.13. The molecular formula is C22H20FN7O. The molecule has 0 fully saturated rings. The van der Waals surface area contributed by atoms with E-state index in [4.69, 9.17) is 16.2 Å². The second kappa shape index (κ2) is 7.91. The summed E-state index contributed by atoms with van der Waals surface area (Å²) >= 11 is 0. The van der Waals surface area contributed by atoms with Crippen LogP contribution in [0.4, 0.5) is 10.2 Å². The van der Waals surface area contributed by atoms with E-state index in [-0.39, 0.29) is 11.5 Å². The average molecular weight is 417 g/mol. The summed E-state index contributed by atoms with van der Waals surface area (Å²) in [5, 5.41) is 9.58. The second-order valence-electron chi connectivity index (χ2n) is 7.11. The number of nitrogens with zero attached hydrogens (tertiary/aromatic N) is 5. The van der Waals surface area contributed by atoms with Crippen LogP contribution in [0.3, 0.4) is 0 Å². The van der Waals surface area contributed by atoms with Gasteiger partial charge in [-0.25, -0.2) is 14.4 Å². The van der Waals surface area contributed by atoms with Crippen molar-refractivity contribution in [1.29, 1.82) is 5.26 Å². The summed E-state index contributed by atoms with van der Waals surface area (Å²) in [5.41, 5.74) is 16.3. The minimum Gasteiger partial charge on any atom is -0.482 e. The highest BCUT2D eigenvalue weighted by molar-refractivity contribution is 5.90. The van der Waals surface area contributed by atoms with E-state index in [1.54, 1.807) is 49.4 Å². The number of nitrogen functional groups attached to an aromatic ring is 1. The second-order valence-corrected chi connectivity index (χ2v) is 7.11. The van der Waals surface area contributed by atoms with Crippen molar-refractivity contribution in [2.24, 2.45) is 10.7 Å². The quantitative estimate of drug-likeness (QED) is 0.586. The monoisotopic (exact) mass is 417 g/mol. The maximum atomic E-state index is 14.1. The van der Waals surface area contributed by atoms with Gasteiger partial charge in [-0.05, 0) is 31.2 Å². The van der Waals surface area contributed by atoms with Gasteiger partial charge in [-0.15, -0.1) is 0 Å². The number of fused-ring (bicyclic) bond motifs is 5. The third kappa shape index (κ3) is 3.59. The van der Waals surface area contributed by atoms with Crippen LogP contribution in [0.15, 0.2) is 47.4 Å². The predicted molar refractivity (Wildman–Crippen MR) is 116 cm³/mol. The molecule has 3 aromatic rings. The number of benzene rings is 1. The lowest BCUT2D eigenvalue weighted by molar-refractivity contribution is 0.227. The molecule has 8 nitrogen and oxygen atoms in total. The Balaban J connectivity index is 2.05. The first-order valence-corrected chi connectivity index (χ1v) is 9.51. The van der Waals surface area contributed by atoms with Crippen molar-refractivity contribution in [3.8, 4) is 23.1 Å². The third-order valence-corrected chi connectivity index (χ3v) is 5.12. The van der Waals surface area contributed by atoms with Crippen LogP contribution in [0, 0.1) is 17.1 Å². The molecule has 4 N–H and O–H groups in total. The van der Waals surface area contributed by atoms with Gasteiger partial charge in [0.2, 0.25) is 0 Å². The van der Waals surface area contributed by atoms with Gasteiger partial charge >= 0.3 is 0 Å². The van der Waals surface area contributed by atoms with Crippen LogP contribution in [0.5, 0.6) is 5.75 Å². The molecule has 0 amide bonds. The van der Waals surface area contributed by atoms with E-state index < -0.39 is 11.9 Å². The van der Waals surface area contributed by atoms with Gasteiger partial charge < -0.3 is 20.8 Å². The molecule has 0 aliphatic carbocycles. The third-order valence-electron chi connectivity index (χ3n) is 5.12. The number of rotatable bonds is 1. The molecule has 4 rings (SSSR count). The molecule has 0 spiro atoms. The van der Waals surface area contributed by atoms with Gasteiger partial charge in [0.1, 0.15) is 18.0 Å². The molecule has 2 aromatic heterocycles. The van der Waals surface area contributed by atoms with E-state index in [1.165, 1.54) is 12.1 Å². The molecule has 1 aromatic carbocycles. The SMILES string of the molecule is CN=CC1=C(N)c2ccc(F)cc2C(C)Oc2cc(cnc2N)-c2c(C#N)ncn2C1. The Hall–Kier alpha value is -4.19. The highest BCUT2D eigenvalue weighted by Gasteiger charge is 2.22. The zero-order chi connectivity index (χ0) is 22.1.